The van der Waals surface area contributed by atoms with Gasteiger partial charge in [0.25, 0.3) is 0 Å². The Balaban J connectivity index is 2.25. The van der Waals surface area contributed by atoms with Crippen molar-refractivity contribution in [2.24, 2.45) is 5.73 Å². The monoisotopic (exact) mass is 212 g/mol. The molecule has 0 saturated carbocycles. The summed E-state index contributed by atoms with van der Waals surface area (Å²) in [5.74, 6) is 0.463. The predicted octanol–water partition coefficient (Wildman–Crippen LogP) is 1.70. The first kappa shape index (κ1) is 9.90. The number of aromatic nitrogens is 1. The summed E-state index contributed by atoms with van der Waals surface area (Å²) in [4.78, 5) is 4.12. The third kappa shape index (κ3) is 1.90. The van der Waals surface area contributed by atoms with Gasteiger partial charge in [0.05, 0.1) is 6.61 Å². The van der Waals surface area contributed by atoms with Crippen molar-refractivity contribution in [2.45, 2.75) is 18.9 Å². The van der Waals surface area contributed by atoms with Gasteiger partial charge in [-0.15, -0.1) is 0 Å². The molecular formula is C10H13ClN2O. The lowest BCUT2D eigenvalue weighted by Gasteiger charge is -2.09. The summed E-state index contributed by atoms with van der Waals surface area (Å²) in [7, 11) is 0. The average Bonchev–Trinajstić information content (AvgIpc) is 2.71. The van der Waals surface area contributed by atoms with Gasteiger partial charge in [0.1, 0.15) is 5.15 Å². The number of ether oxygens (including phenoxy) is 1. The highest BCUT2D eigenvalue weighted by Crippen LogP contribution is 2.26. The van der Waals surface area contributed by atoms with E-state index in [1.54, 1.807) is 0 Å². The summed E-state index contributed by atoms with van der Waals surface area (Å²) in [5, 5.41) is 0.509. The van der Waals surface area contributed by atoms with E-state index in [0.29, 0.717) is 17.6 Å². The molecule has 0 spiro atoms. The second kappa shape index (κ2) is 4.26. The van der Waals surface area contributed by atoms with Gasteiger partial charge in [-0.25, -0.2) is 4.98 Å². The molecule has 1 saturated heterocycles. The maximum Gasteiger partial charge on any atom is 0.133 e. The molecule has 1 fully saturated rings. The Labute approximate surface area is 88.2 Å². The van der Waals surface area contributed by atoms with Gasteiger partial charge in [-0.2, -0.15) is 0 Å². The normalized spacial score (nSPS) is 21.4. The van der Waals surface area contributed by atoms with E-state index >= 15 is 0 Å². The van der Waals surface area contributed by atoms with Crippen molar-refractivity contribution < 1.29 is 4.74 Å². The number of rotatable bonds is 2. The maximum absolute atomic E-state index is 5.88. The molecule has 0 radical (unpaired) electrons. The molecule has 1 unspecified atom stereocenters. The maximum atomic E-state index is 5.88. The van der Waals surface area contributed by atoms with Crippen LogP contribution in [0.15, 0.2) is 12.3 Å². The highest BCUT2D eigenvalue weighted by molar-refractivity contribution is 6.30. The number of nitrogens with two attached hydrogens (primary N) is 1. The molecule has 3 nitrogen and oxygen atoms in total. The van der Waals surface area contributed by atoms with Crippen molar-refractivity contribution in [3.63, 3.8) is 0 Å². The van der Waals surface area contributed by atoms with Crippen LogP contribution in [0.3, 0.4) is 0 Å². The van der Waals surface area contributed by atoms with Crippen LogP contribution in [-0.2, 0) is 11.3 Å². The van der Waals surface area contributed by atoms with Crippen molar-refractivity contribution in [2.75, 3.05) is 13.2 Å². The van der Waals surface area contributed by atoms with Crippen LogP contribution < -0.4 is 5.73 Å². The Hall–Kier alpha value is -0.640. The van der Waals surface area contributed by atoms with Crippen LogP contribution in [0.4, 0.5) is 0 Å². The number of nitrogens with zero attached hydrogens (tertiary/aromatic N) is 1. The summed E-state index contributed by atoms with van der Waals surface area (Å²) in [5.41, 5.74) is 7.66. The van der Waals surface area contributed by atoms with E-state index in [9.17, 15) is 0 Å². The van der Waals surface area contributed by atoms with Crippen LogP contribution in [0, 0.1) is 0 Å². The lowest BCUT2D eigenvalue weighted by atomic mass is 9.99. The lowest BCUT2D eigenvalue weighted by Crippen LogP contribution is -2.03. The fourth-order valence-corrected chi connectivity index (χ4v) is 1.86. The molecule has 14 heavy (non-hydrogen) atoms. The molecule has 2 rings (SSSR count). The van der Waals surface area contributed by atoms with Gasteiger partial charge in [-0.3, -0.25) is 0 Å². The molecule has 4 heteroatoms. The van der Waals surface area contributed by atoms with Crippen LogP contribution in [0.25, 0.3) is 0 Å². The zero-order valence-electron chi connectivity index (χ0n) is 7.87. The van der Waals surface area contributed by atoms with Gasteiger partial charge in [0.2, 0.25) is 0 Å². The minimum absolute atomic E-state index is 0.438. The van der Waals surface area contributed by atoms with Crippen LogP contribution in [0.2, 0.25) is 5.15 Å². The van der Waals surface area contributed by atoms with E-state index < -0.39 is 0 Å². The van der Waals surface area contributed by atoms with Gasteiger partial charge >= 0.3 is 0 Å². The molecule has 0 amide bonds. The Morgan fingerprint density at radius 1 is 1.64 bits per heavy atom. The smallest absolute Gasteiger partial charge is 0.133 e. The Morgan fingerprint density at radius 2 is 2.50 bits per heavy atom. The number of halogens is 1. The minimum atomic E-state index is 0.438. The SMILES string of the molecule is NCc1cc(C2CCOC2)cnc1Cl. The Bertz CT molecular complexity index is 324. The molecule has 2 heterocycles. The van der Waals surface area contributed by atoms with Gasteiger partial charge in [-0.05, 0) is 18.1 Å². The summed E-state index contributed by atoms with van der Waals surface area (Å²) in [6.45, 7) is 2.06. The molecule has 1 aliphatic rings. The zero-order chi connectivity index (χ0) is 9.97. The fraction of sp³-hybridized carbons (Fsp3) is 0.500. The van der Waals surface area contributed by atoms with Crippen molar-refractivity contribution in [1.29, 1.82) is 0 Å². The van der Waals surface area contributed by atoms with E-state index in [1.807, 2.05) is 12.3 Å². The van der Waals surface area contributed by atoms with Crippen LogP contribution in [0.5, 0.6) is 0 Å². The highest BCUT2D eigenvalue weighted by Gasteiger charge is 2.18. The summed E-state index contributed by atoms with van der Waals surface area (Å²) >= 11 is 5.88. The zero-order valence-corrected chi connectivity index (χ0v) is 8.63. The molecule has 76 valence electrons. The predicted molar refractivity (Wildman–Crippen MR) is 55.3 cm³/mol. The number of pyridine rings is 1. The topological polar surface area (TPSA) is 48.1 Å². The Kier molecular flexibility index (Phi) is 3.01. The van der Waals surface area contributed by atoms with E-state index in [-0.39, 0.29) is 0 Å². The number of hydrogen-bond donors (Lipinski definition) is 1. The van der Waals surface area contributed by atoms with E-state index in [2.05, 4.69) is 4.98 Å². The number of hydrogen-bond acceptors (Lipinski definition) is 3. The van der Waals surface area contributed by atoms with Crippen molar-refractivity contribution in [1.82, 2.24) is 4.98 Å². The molecule has 1 atom stereocenters. The lowest BCUT2D eigenvalue weighted by molar-refractivity contribution is 0.194. The van der Waals surface area contributed by atoms with E-state index in [4.69, 9.17) is 22.1 Å². The second-order valence-corrected chi connectivity index (χ2v) is 3.84. The third-order valence-electron chi connectivity index (χ3n) is 2.55. The average molecular weight is 213 g/mol. The molecule has 1 aliphatic heterocycles. The van der Waals surface area contributed by atoms with Gasteiger partial charge in [0, 0.05) is 30.8 Å². The fourth-order valence-electron chi connectivity index (χ4n) is 1.68. The van der Waals surface area contributed by atoms with Crippen LogP contribution >= 0.6 is 11.6 Å². The summed E-state index contributed by atoms with van der Waals surface area (Å²) in [6, 6.07) is 2.04. The van der Waals surface area contributed by atoms with Gasteiger partial charge < -0.3 is 10.5 Å². The van der Waals surface area contributed by atoms with E-state index in [0.717, 1.165) is 25.2 Å². The first-order valence-electron chi connectivity index (χ1n) is 4.73. The van der Waals surface area contributed by atoms with E-state index in [1.165, 1.54) is 5.56 Å². The minimum Gasteiger partial charge on any atom is -0.381 e. The van der Waals surface area contributed by atoms with Crippen molar-refractivity contribution in [3.05, 3.63) is 28.5 Å². The Morgan fingerprint density at radius 3 is 3.14 bits per heavy atom. The van der Waals surface area contributed by atoms with Crippen molar-refractivity contribution >= 4 is 11.6 Å². The molecule has 0 bridgehead atoms. The molecule has 1 aromatic heterocycles. The first-order chi connectivity index (χ1) is 6.81. The molecule has 1 aromatic rings. The summed E-state index contributed by atoms with van der Waals surface area (Å²) < 4.78 is 5.32. The van der Waals surface area contributed by atoms with Crippen LogP contribution in [-0.4, -0.2) is 18.2 Å². The first-order valence-corrected chi connectivity index (χ1v) is 5.11. The molecular weight excluding hydrogens is 200 g/mol. The summed E-state index contributed by atoms with van der Waals surface area (Å²) in [6.07, 6.45) is 2.88. The highest BCUT2D eigenvalue weighted by atomic mass is 35.5. The standard InChI is InChI=1S/C10H13ClN2O/c11-10-8(4-12)3-9(5-13-10)7-1-2-14-6-7/h3,5,7H,1-2,4,6,12H2. The van der Waals surface area contributed by atoms with Gasteiger partial charge in [0.15, 0.2) is 0 Å². The van der Waals surface area contributed by atoms with Gasteiger partial charge in [-0.1, -0.05) is 11.6 Å². The molecule has 0 aliphatic carbocycles. The van der Waals surface area contributed by atoms with Crippen molar-refractivity contribution in [3.8, 4) is 0 Å². The second-order valence-electron chi connectivity index (χ2n) is 3.48. The van der Waals surface area contributed by atoms with Crippen LogP contribution in [0.1, 0.15) is 23.5 Å². The largest absolute Gasteiger partial charge is 0.381 e. The molecule has 0 aromatic carbocycles. The quantitative estimate of drug-likeness (QED) is 0.760. The molecule has 2 N–H and O–H groups in total. The third-order valence-corrected chi connectivity index (χ3v) is 2.89.